The molecule has 2 amide bonds. The van der Waals surface area contributed by atoms with E-state index in [-0.39, 0.29) is 24.0 Å². The van der Waals surface area contributed by atoms with Crippen LogP contribution in [0.15, 0.2) is 18.2 Å². The Morgan fingerprint density at radius 2 is 1.77 bits per heavy atom. The van der Waals surface area contributed by atoms with E-state index in [0.29, 0.717) is 43.5 Å². The van der Waals surface area contributed by atoms with Gasteiger partial charge in [-0.15, -0.1) is 0 Å². The van der Waals surface area contributed by atoms with Crippen molar-refractivity contribution in [1.29, 1.82) is 0 Å². The van der Waals surface area contributed by atoms with Gasteiger partial charge in [0.05, 0.1) is 6.04 Å². The molecule has 0 bridgehead atoms. The van der Waals surface area contributed by atoms with Gasteiger partial charge in [-0.1, -0.05) is 37.2 Å². The van der Waals surface area contributed by atoms with Gasteiger partial charge < -0.3 is 15.5 Å². The summed E-state index contributed by atoms with van der Waals surface area (Å²) >= 11 is 0. The molecule has 2 aliphatic heterocycles. The molecule has 212 valence electrons. The predicted molar refractivity (Wildman–Crippen MR) is 153 cm³/mol. The van der Waals surface area contributed by atoms with E-state index < -0.39 is 6.04 Å². The second kappa shape index (κ2) is 10.3. The predicted octanol–water partition coefficient (Wildman–Crippen LogP) is 4.74. The number of nitrogens with one attached hydrogen (secondary N) is 2. The summed E-state index contributed by atoms with van der Waals surface area (Å²) in [6.45, 7) is 2.11. The van der Waals surface area contributed by atoms with Gasteiger partial charge in [-0.05, 0) is 98.8 Å². The van der Waals surface area contributed by atoms with E-state index >= 15 is 0 Å². The highest BCUT2D eigenvalue weighted by atomic mass is 16.2. The lowest BCUT2D eigenvalue weighted by molar-refractivity contribution is -0.397. The van der Waals surface area contributed by atoms with Crippen LogP contribution < -0.4 is 10.6 Å². The van der Waals surface area contributed by atoms with Gasteiger partial charge in [0.15, 0.2) is 5.78 Å². The maximum atomic E-state index is 13.2. The SMILES string of the molecule is O=C1CCC(N2Cc3c(C#CCCCCCCCNC45CC6CC7CC(C4)C765)cccc3C2=O)C(=O)CCCN1. The summed E-state index contributed by atoms with van der Waals surface area (Å²) in [5.41, 5.74) is 3.83. The van der Waals surface area contributed by atoms with E-state index in [4.69, 9.17) is 0 Å². The summed E-state index contributed by atoms with van der Waals surface area (Å²) in [4.78, 5) is 39.8. The Hall–Kier alpha value is -2.65. The molecular formula is C34H43N3O3. The first-order valence-electron chi connectivity index (χ1n) is 16.0. The first-order valence-corrected chi connectivity index (χ1v) is 16.0. The number of carbonyl (C=O) groups is 3. The molecule has 3 atom stereocenters. The number of ketones is 1. The van der Waals surface area contributed by atoms with Crippen LogP contribution in [0.2, 0.25) is 0 Å². The fourth-order valence-electron chi connectivity index (χ4n) is 9.81. The van der Waals surface area contributed by atoms with Crippen LogP contribution in [-0.4, -0.2) is 47.2 Å². The van der Waals surface area contributed by atoms with E-state index in [0.717, 1.165) is 47.1 Å². The number of rotatable bonds is 9. The summed E-state index contributed by atoms with van der Waals surface area (Å²) in [6.07, 6.45) is 14.7. The smallest absolute Gasteiger partial charge is 0.255 e. The summed E-state index contributed by atoms with van der Waals surface area (Å²) < 4.78 is 0. The highest BCUT2D eigenvalue weighted by Crippen LogP contribution is 2.89. The molecule has 0 aromatic heterocycles. The Balaban J connectivity index is 0.846. The molecule has 4 saturated carbocycles. The summed E-state index contributed by atoms with van der Waals surface area (Å²) in [5.74, 6) is 9.81. The lowest BCUT2D eigenvalue weighted by atomic mass is 9.15. The van der Waals surface area contributed by atoms with Gasteiger partial charge in [-0.3, -0.25) is 14.4 Å². The minimum atomic E-state index is -0.538. The van der Waals surface area contributed by atoms with Crippen molar-refractivity contribution in [3.05, 3.63) is 34.9 Å². The van der Waals surface area contributed by atoms with Crippen LogP contribution in [-0.2, 0) is 16.1 Å². The fourth-order valence-corrected chi connectivity index (χ4v) is 9.81. The van der Waals surface area contributed by atoms with E-state index in [2.05, 4.69) is 22.5 Å². The van der Waals surface area contributed by atoms with Gasteiger partial charge in [0.2, 0.25) is 5.91 Å². The van der Waals surface area contributed by atoms with E-state index in [1.807, 2.05) is 18.2 Å². The van der Waals surface area contributed by atoms with Gasteiger partial charge in [0, 0.05) is 49.0 Å². The number of hydrogen-bond donors (Lipinski definition) is 2. The molecule has 7 rings (SSSR count). The summed E-state index contributed by atoms with van der Waals surface area (Å²) in [6, 6.07) is 5.17. The molecule has 2 heterocycles. The Morgan fingerprint density at radius 1 is 0.975 bits per heavy atom. The molecular weight excluding hydrogens is 498 g/mol. The number of hydrogen-bond acceptors (Lipinski definition) is 4. The number of benzene rings is 1. The number of nitrogens with zero attached hydrogens (tertiary/aromatic N) is 1. The topological polar surface area (TPSA) is 78.5 Å². The molecule has 1 aromatic carbocycles. The first-order chi connectivity index (χ1) is 19.5. The van der Waals surface area contributed by atoms with E-state index in [1.165, 1.54) is 57.9 Å². The maximum absolute atomic E-state index is 13.2. The molecule has 0 radical (unpaired) electrons. The largest absolute Gasteiger partial charge is 0.356 e. The van der Waals surface area contributed by atoms with E-state index in [9.17, 15) is 14.4 Å². The average molecular weight is 542 g/mol. The molecule has 6 heteroatoms. The van der Waals surface area contributed by atoms with Crippen molar-refractivity contribution in [2.24, 2.45) is 23.2 Å². The highest BCUT2D eigenvalue weighted by Gasteiger charge is 2.87. The van der Waals surface area contributed by atoms with Crippen molar-refractivity contribution >= 4 is 17.6 Å². The Bertz CT molecular complexity index is 1250. The number of unbranched alkanes of at least 4 members (excludes halogenated alkanes) is 5. The third kappa shape index (κ3) is 3.98. The van der Waals surface area contributed by atoms with Crippen LogP contribution in [0.4, 0.5) is 0 Å². The number of Topliss-reactive ketones (excluding diaryl/α,β-unsaturated/α-hetero) is 1. The molecule has 6 aliphatic rings. The van der Waals surface area contributed by atoms with Crippen LogP contribution >= 0.6 is 0 Å². The average Bonchev–Trinajstić information content (AvgIpc) is 3.27. The first kappa shape index (κ1) is 26.3. The standard InChI is InChI=1S/C34H43N3O3/c38-30-13-9-16-35-31(39)15-14-29(30)37-22-28-23(11-8-12-27(28)32(37)40)10-6-4-2-1-3-5-7-17-36-33-20-25-18-24-19-26(21-33)34(24,25)33/h8,11-12,24-26,29,36H,1-5,7,9,13-22H2,(H,35,39). The molecule has 5 fully saturated rings. The molecule has 40 heavy (non-hydrogen) atoms. The van der Waals surface area contributed by atoms with Crippen molar-refractivity contribution < 1.29 is 14.4 Å². The minimum absolute atomic E-state index is 0.0464. The molecule has 4 aliphatic carbocycles. The number of amides is 2. The van der Waals surface area contributed by atoms with Gasteiger partial charge in [-0.2, -0.15) is 0 Å². The van der Waals surface area contributed by atoms with E-state index in [1.54, 1.807) is 4.90 Å². The van der Waals surface area contributed by atoms with Crippen LogP contribution in [0.1, 0.15) is 111 Å². The minimum Gasteiger partial charge on any atom is -0.356 e. The van der Waals surface area contributed by atoms with Crippen LogP contribution in [0, 0.1) is 35.0 Å². The third-order valence-corrected chi connectivity index (χ3v) is 11.7. The zero-order chi connectivity index (χ0) is 27.3. The van der Waals surface area contributed by atoms with Crippen molar-refractivity contribution in [3.63, 3.8) is 0 Å². The molecule has 2 N–H and O–H groups in total. The Labute approximate surface area is 238 Å². The zero-order valence-electron chi connectivity index (χ0n) is 23.7. The fraction of sp³-hybridized carbons (Fsp3) is 0.676. The lowest BCUT2D eigenvalue weighted by Gasteiger charge is -2.91. The van der Waals surface area contributed by atoms with Crippen molar-refractivity contribution in [2.75, 3.05) is 13.1 Å². The van der Waals surface area contributed by atoms with Gasteiger partial charge in [0.1, 0.15) is 0 Å². The molecule has 1 spiro atoms. The third-order valence-electron chi connectivity index (χ3n) is 11.7. The van der Waals surface area contributed by atoms with Crippen LogP contribution in [0.3, 0.4) is 0 Å². The summed E-state index contributed by atoms with van der Waals surface area (Å²) in [7, 11) is 0. The van der Waals surface area contributed by atoms with Gasteiger partial charge in [-0.25, -0.2) is 0 Å². The highest BCUT2D eigenvalue weighted by molar-refractivity contribution is 6.02. The second-order valence-corrected chi connectivity index (χ2v) is 13.5. The normalized spacial score (nSPS) is 35.1. The molecule has 3 unspecified atom stereocenters. The number of carbonyl (C=O) groups excluding carboxylic acids is 3. The van der Waals surface area contributed by atoms with Crippen molar-refractivity contribution in [1.82, 2.24) is 15.5 Å². The number of fused-ring (bicyclic) bond motifs is 1. The molecule has 6 nitrogen and oxygen atoms in total. The monoisotopic (exact) mass is 541 g/mol. The maximum Gasteiger partial charge on any atom is 0.255 e. The second-order valence-electron chi connectivity index (χ2n) is 13.5. The van der Waals surface area contributed by atoms with Crippen molar-refractivity contribution in [2.45, 2.75) is 108 Å². The molecule has 1 saturated heterocycles. The quantitative estimate of drug-likeness (QED) is 0.350. The summed E-state index contributed by atoms with van der Waals surface area (Å²) in [5, 5.41) is 6.87. The van der Waals surface area contributed by atoms with Crippen LogP contribution in [0.25, 0.3) is 0 Å². The molecule has 1 aromatic rings. The van der Waals surface area contributed by atoms with Gasteiger partial charge in [0.25, 0.3) is 5.91 Å². The Morgan fingerprint density at radius 3 is 2.58 bits per heavy atom. The van der Waals surface area contributed by atoms with Gasteiger partial charge >= 0.3 is 0 Å². The lowest BCUT2D eigenvalue weighted by Crippen LogP contribution is -2.92. The Kier molecular flexibility index (Phi) is 6.77. The zero-order valence-corrected chi connectivity index (χ0v) is 23.7. The van der Waals surface area contributed by atoms with Crippen LogP contribution in [0.5, 0.6) is 0 Å². The van der Waals surface area contributed by atoms with Crippen molar-refractivity contribution in [3.8, 4) is 11.8 Å².